The molecule has 2 aromatic carbocycles. The SMILES string of the molecule is O=S(=O)(c1ccccc1Cl)N1CCN(c2cccc3cn[nH]c23)CC1. The molecule has 0 bridgehead atoms. The minimum atomic E-state index is -3.58. The molecule has 0 saturated carbocycles. The number of nitrogens with one attached hydrogen (secondary N) is 1. The van der Waals surface area contributed by atoms with Crippen LogP contribution in [0.4, 0.5) is 5.69 Å². The smallest absolute Gasteiger partial charge is 0.244 e. The number of para-hydroxylation sites is 1. The number of anilines is 1. The van der Waals surface area contributed by atoms with E-state index < -0.39 is 10.0 Å². The molecule has 4 rings (SSSR count). The molecule has 1 aromatic heterocycles. The first-order valence-corrected chi connectivity index (χ1v) is 9.81. The Morgan fingerprint density at radius 3 is 2.52 bits per heavy atom. The molecule has 0 radical (unpaired) electrons. The van der Waals surface area contributed by atoms with Gasteiger partial charge in [0.2, 0.25) is 10.0 Å². The number of rotatable bonds is 3. The van der Waals surface area contributed by atoms with Gasteiger partial charge < -0.3 is 4.90 Å². The lowest BCUT2D eigenvalue weighted by Crippen LogP contribution is -2.48. The number of aromatic nitrogens is 2. The highest BCUT2D eigenvalue weighted by Gasteiger charge is 2.30. The number of hydrogen-bond acceptors (Lipinski definition) is 4. The van der Waals surface area contributed by atoms with Crippen molar-refractivity contribution in [2.45, 2.75) is 4.90 Å². The first-order valence-electron chi connectivity index (χ1n) is 7.99. The van der Waals surface area contributed by atoms with Crippen LogP contribution in [-0.2, 0) is 10.0 Å². The Kier molecular flexibility index (Phi) is 4.15. The predicted octanol–water partition coefficient (Wildman–Crippen LogP) is 2.73. The number of piperazine rings is 1. The maximum Gasteiger partial charge on any atom is 0.244 e. The normalized spacial score (nSPS) is 16.4. The second-order valence-electron chi connectivity index (χ2n) is 5.93. The molecule has 0 amide bonds. The molecule has 1 N–H and O–H groups in total. The molecule has 0 atom stereocenters. The van der Waals surface area contributed by atoms with E-state index in [9.17, 15) is 8.42 Å². The van der Waals surface area contributed by atoms with Gasteiger partial charge in [0.25, 0.3) is 0 Å². The maximum absolute atomic E-state index is 12.8. The van der Waals surface area contributed by atoms with Crippen molar-refractivity contribution in [2.24, 2.45) is 0 Å². The van der Waals surface area contributed by atoms with E-state index in [1.54, 1.807) is 30.5 Å². The second kappa shape index (κ2) is 6.33. The minimum absolute atomic E-state index is 0.167. The topological polar surface area (TPSA) is 69.3 Å². The van der Waals surface area contributed by atoms with Crippen LogP contribution in [-0.4, -0.2) is 49.1 Å². The van der Waals surface area contributed by atoms with Crippen molar-refractivity contribution in [3.05, 3.63) is 53.7 Å². The third kappa shape index (κ3) is 2.88. The summed E-state index contributed by atoms with van der Waals surface area (Å²) < 4.78 is 27.2. The summed E-state index contributed by atoms with van der Waals surface area (Å²) in [7, 11) is -3.58. The Hall–Kier alpha value is -2.09. The lowest BCUT2D eigenvalue weighted by Gasteiger charge is -2.35. The zero-order valence-corrected chi connectivity index (χ0v) is 15.0. The Morgan fingerprint density at radius 1 is 1.00 bits per heavy atom. The molecule has 0 unspecified atom stereocenters. The van der Waals surface area contributed by atoms with Gasteiger partial charge in [-0.1, -0.05) is 35.9 Å². The highest BCUT2D eigenvalue weighted by Crippen LogP contribution is 2.28. The lowest BCUT2D eigenvalue weighted by atomic mass is 10.2. The van der Waals surface area contributed by atoms with Crippen molar-refractivity contribution in [3.63, 3.8) is 0 Å². The lowest BCUT2D eigenvalue weighted by molar-refractivity contribution is 0.385. The number of benzene rings is 2. The van der Waals surface area contributed by atoms with Gasteiger partial charge in [0, 0.05) is 31.6 Å². The van der Waals surface area contributed by atoms with E-state index in [4.69, 9.17) is 11.6 Å². The summed E-state index contributed by atoms with van der Waals surface area (Å²) in [5.74, 6) is 0. The van der Waals surface area contributed by atoms with Gasteiger partial charge in [-0.25, -0.2) is 8.42 Å². The van der Waals surface area contributed by atoms with Crippen molar-refractivity contribution in [1.29, 1.82) is 0 Å². The van der Waals surface area contributed by atoms with E-state index in [1.807, 2.05) is 18.2 Å². The number of aromatic amines is 1. The molecule has 1 aliphatic rings. The largest absolute Gasteiger partial charge is 0.367 e. The van der Waals surface area contributed by atoms with E-state index in [0.717, 1.165) is 16.6 Å². The first-order chi connectivity index (χ1) is 12.1. The fourth-order valence-corrected chi connectivity index (χ4v) is 5.09. The third-order valence-corrected chi connectivity index (χ3v) is 6.89. The molecule has 1 aliphatic heterocycles. The van der Waals surface area contributed by atoms with Crippen LogP contribution < -0.4 is 4.90 Å². The number of fused-ring (bicyclic) bond motifs is 1. The van der Waals surface area contributed by atoms with Gasteiger partial charge in [-0.05, 0) is 18.2 Å². The van der Waals surface area contributed by atoms with Crippen LogP contribution in [0.1, 0.15) is 0 Å². The Bertz CT molecular complexity index is 1010. The van der Waals surface area contributed by atoms with Crippen molar-refractivity contribution < 1.29 is 8.42 Å². The molecular formula is C17H17ClN4O2S. The molecule has 0 spiro atoms. The number of H-pyrrole nitrogens is 1. The maximum atomic E-state index is 12.8. The average molecular weight is 377 g/mol. The molecular weight excluding hydrogens is 360 g/mol. The summed E-state index contributed by atoms with van der Waals surface area (Å²) in [6.07, 6.45) is 1.79. The number of nitrogens with zero attached hydrogens (tertiary/aromatic N) is 3. The third-order valence-electron chi connectivity index (χ3n) is 4.49. The van der Waals surface area contributed by atoms with Crippen LogP contribution in [0.25, 0.3) is 10.9 Å². The summed E-state index contributed by atoms with van der Waals surface area (Å²) in [5.41, 5.74) is 2.02. The molecule has 130 valence electrons. The van der Waals surface area contributed by atoms with Gasteiger partial charge in [0.15, 0.2) is 0 Å². The standard InChI is InChI=1S/C17H17ClN4O2S/c18-14-5-1-2-7-16(14)25(23,24)22-10-8-21(9-11-22)15-6-3-4-13-12-19-20-17(13)15/h1-7,12H,8-11H2,(H,19,20). The van der Waals surface area contributed by atoms with Gasteiger partial charge in [-0.3, -0.25) is 5.10 Å². The summed E-state index contributed by atoms with van der Waals surface area (Å²) in [6, 6.07) is 12.6. The average Bonchev–Trinajstić information content (AvgIpc) is 3.11. The molecule has 2 heterocycles. The molecule has 25 heavy (non-hydrogen) atoms. The fraction of sp³-hybridized carbons (Fsp3) is 0.235. The number of hydrogen-bond donors (Lipinski definition) is 1. The summed E-state index contributed by atoms with van der Waals surface area (Å²) >= 11 is 6.08. The van der Waals surface area contributed by atoms with E-state index in [0.29, 0.717) is 26.2 Å². The first kappa shape index (κ1) is 16.4. The molecule has 1 saturated heterocycles. The fourth-order valence-electron chi connectivity index (χ4n) is 3.18. The minimum Gasteiger partial charge on any atom is -0.367 e. The van der Waals surface area contributed by atoms with Crippen LogP contribution in [0.15, 0.2) is 53.6 Å². The van der Waals surface area contributed by atoms with Crippen LogP contribution in [0.5, 0.6) is 0 Å². The van der Waals surface area contributed by atoms with Gasteiger partial charge in [0.1, 0.15) is 4.90 Å². The van der Waals surface area contributed by atoms with Crippen molar-refractivity contribution in [2.75, 3.05) is 31.1 Å². The van der Waals surface area contributed by atoms with E-state index >= 15 is 0 Å². The molecule has 3 aromatic rings. The van der Waals surface area contributed by atoms with Crippen LogP contribution in [0.3, 0.4) is 0 Å². The Labute approximate surface area is 151 Å². The monoisotopic (exact) mass is 376 g/mol. The highest BCUT2D eigenvalue weighted by molar-refractivity contribution is 7.89. The van der Waals surface area contributed by atoms with Crippen LogP contribution in [0, 0.1) is 0 Å². The van der Waals surface area contributed by atoms with Gasteiger partial charge >= 0.3 is 0 Å². The Balaban J connectivity index is 1.56. The Morgan fingerprint density at radius 2 is 1.76 bits per heavy atom. The number of sulfonamides is 1. The number of halogens is 1. The molecule has 0 aliphatic carbocycles. The van der Waals surface area contributed by atoms with E-state index in [2.05, 4.69) is 15.1 Å². The highest BCUT2D eigenvalue weighted by atomic mass is 35.5. The van der Waals surface area contributed by atoms with Gasteiger partial charge in [-0.15, -0.1) is 0 Å². The summed E-state index contributed by atoms with van der Waals surface area (Å²) in [5, 5.41) is 8.41. The zero-order chi connectivity index (χ0) is 17.4. The molecule has 6 nitrogen and oxygen atoms in total. The van der Waals surface area contributed by atoms with Crippen molar-refractivity contribution in [3.8, 4) is 0 Å². The van der Waals surface area contributed by atoms with E-state index in [-0.39, 0.29) is 9.92 Å². The van der Waals surface area contributed by atoms with E-state index in [1.165, 1.54) is 4.31 Å². The predicted molar refractivity (Wildman–Crippen MR) is 98.5 cm³/mol. The summed E-state index contributed by atoms with van der Waals surface area (Å²) in [6.45, 7) is 2.06. The molecule has 8 heteroatoms. The van der Waals surface area contributed by atoms with Crippen molar-refractivity contribution in [1.82, 2.24) is 14.5 Å². The van der Waals surface area contributed by atoms with Crippen molar-refractivity contribution >= 4 is 38.2 Å². The van der Waals surface area contributed by atoms with Crippen LogP contribution in [0.2, 0.25) is 5.02 Å². The van der Waals surface area contributed by atoms with Crippen LogP contribution >= 0.6 is 11.6 Å². The van der Waals surface area contributed by atoms with Gasteiger partial charge in [-0.2, -0.15) is 9.40 Å². The molecule has 1 fully saturated rings. The second-order valence-corrected chi connectivity index (χ2v) is 8.25. The van der Waals surface area contributed by atoms with Gasteiger partial charge in [0.05, 0.1) is 22.4 Å². The zero-order valence-electron chi connectivity index (χ0n) is 13.4. The summed E-state index contributed by atoms with van der Waals surface area (Å²) in [4.78, 5) is 2.35. The quantitative estimate of drug-likeness (QED) is 0.763.